The summed E-state index contributed by atoms with van der Waals surface area (Å²) in [7, 11) is -3.07. The molecule has 0 spiro atoms. The van der Waals surface area contributed by atoms with Gasteiger partial charge in [-0.05, 0) is 13.0 Å². The quantitative estimate of drug-likeness (QED) is 0.803. The molecule has 18 heavy (non-hydrogen) atoms. The predicted molar refractivity (Wildman–Crippen MR) is 68.7 cm³/mol. The molecule has 1 rings (SSSR count). The van der Waals surface area contributed by atoms with Gasteiger partial charge in [0, 0.05) is 11.8 Å². The summed E-state index contributed by atoms with van der Waals surface area (Å²) in [6, 6.07) is 5.18. The fourth-order valence-electron chi connectivity index (χ4n) is 1.41. The van der Waals surface area contributed by atoms with E-state index in [1.165, 1.54) is 0 Å². The van der Waals surface area contributed by atoms with Crippen LogP contribution >= 0.6 is 0 Å². The van der Waals surface area contributed by atoms with Crippen LogP contribution in [0.5, 0.6) is 11.5 Å². The van der Waals surface area contributed by atoms with Crippen LogP contribution in [0.3, 0.4) is 0 Å². The molecular weight excluding hydrogens is 256 g/mol. The fraction of sp³-hybridized carbons (Fsp3) is 0.500. The van der Waals surface area contributed by atoms with Crippen LogP contribution in [-0.4, -0.2) is 38.7 Å². The van der Waals surface area contributed by atoms with Crippen molar-refractivity contribution in [2.75, 3.05) is 25.2 Å². The lowest BCUT2D eigenvalue weighted by molar-refractivity contribution is 0.255. The lowest BCUT2D eigenvalue weighted by atomic mass is 10.2. The summed E-state index contributed by atoms with van der Waals surface area (Å²) >= 11 is 0. The van der Waals surface area contributed by atoms with E-state index in [4.69, 9.17) is 9.47 Å². The zero-order valence-electron chi connectivity index (χ0n) is 10.5. The Bertz CT molecular complexity index is 481. The number of aliphatic hydroxyl groups excluding tert-OH is 1. The standard InChI is InChI=1S/C12H18O5S/c1-3-16-11-6-4-5-10(9-13)12(11)17-7-8-18(2,14)15/h4-6,13H,3,7-9H2,1-2H3. The van der Waals surface area contributed by atoms with Gasteiger partial charge >= 0.3 is 0 Å². The number of hydrogen-bond acceptors (Lipinski definition) is 5. The minimum Gasteiger partial charge on any atom is -0.490 e. The number of aliphatic hydroxyl groups is 1. The number of ether oxygens (including phenoxy) is 2. The molecule has 6 heteroatoms. The molecular formula is C12H18O5S. The molecule has 0 heterocycles. The molecule has 0 atom stereocenters. The van der Waals surface area contributed by atoms with Gasteiger partial charge in [0.25, 0.3) is 0 Å². The van der Waals surface area contributed by atoms with E-state index in [1.807, 2.05) is 6.92 Å². The number of para-hydroxylation sites is 1. The maximum atomic E-state index is 11.0. The van der Waals surface area contributed by atoms with Crippen LogP contribution in [0.15, 0.2) is 18.2 Å². The fourth-order valence-corrected chi connectivity index (χ4v) is 1.80. The van der Waals surface area contributed by atoms with E-state index in [9.17, 15) is 13.5 Å². The van der Waals surface area contributed by atoms with Crippen LogP contribution in [0.4, 0.5) is 0 Å². The second-order valence-corrected chi connectivity index (χ2v) is 6.07. The largest absolute Gasteiger partial charge is 0.490 e. The second-order valence-electron chi connectivity index (χ2n) is 3.81. The summed E-state index contributed by atoms with van der Waals surface area (Å²) in [5.41, 5.74) is 0.578. The van der Waals surface area contributed by atoms with E-state index in [-0.39, 0.29) is 19.0 Å². The van der Waals surface area contributed by atoms with Crippen LogP contribution in [-0.2, 0) is 16.4 Å². The average Bonchev–Trinajstić information content (AvgIpc) is 2.29. The van der Waals surface area contributed by atoms with Crippen LogP contribution in [0.1, 0.15) is 12.5 Å². The molecule has 0 radical (unpaired) electrons. The van der Waals surface area contributed by atoms with Crippen molar-refractivity contribution in [3.63, 3.8) is 0 Å². The molecule has 0 aliphatic carbocycles. The minimum absolute atomic E-state index is 0.0376. The summed E-state index contributed by atoms with van der Waals surface area (Å²) < 4.78 is 32.9. The number of rotatable bonds is 7. The molecule has 102 valence electrons. The highest BCUT2D eigenvalue weighted by molar-refractivity contribution is 7.90. The van der Waals surface area contributed by atoms with E-state index in [0.717, 1.165) is 6.26 Å². The Kier molecular flexibility index (Phi) is 5.43. The van der Waals surface area contributed by atoms with Gasteiger partial charge in [-0.2, -0.15) is 0 Å². The summed E-state index contributed by atoms with van der Waals surface area (Å²) in [4.78, 5) is 0. The molecule has 0 aromatic heterocycles. The van der Waals surface area contributed by atoms with Crippen LogP contribution < -0.4 is 9.47 Å². The van der Waals surface area contributed by atoms with Crippen molar-refractivity contribution in [2.24, 2.45) is 0 Å². The van der Waals surface area contributed by atoms with Crippen molar-refractivity contribution in [1.82, 2.24) is 0 Å². The van der Waals surface area contributed by atoms with E-state index in [1.54, 1.807) is 18.2 Å². The lowest BCUT2D eigenvalue weighted by Gasteiger charge is -2.14. The summed E-state index contributed by atoms with van der Waals surface area (Å²) in [6.07, 6.45) is 1.15. The van der Waals surface area contributed by atoms with Gasteiger partial charge in [0.05, 0.1) is 19.0 Å². The molecule has 0 unspecified atom stereocenters. The first-order chi connectivity index (χ1) is 8.48. The Balaban J connectivity index is 2.83. The normalized spacial score (nSPS) is 11.3. The SMILES string of the molecule is CCOc1cccc(CO)c1OCCS(C)(=O)=O. The third kappa shape index (κ3) is 4.54. The Morgan fingerprint density at radius 2 is 2.00 bits per heavy atom. The first-order valence-electron chi connectivity index (χ1n) is 5.64. The summed E-state index contributed by atoms with van der Waals surface area (Å²) in [5.74, 6) is 0.848. The molecule has 0 saturated carbocycles. The zero-order valence-corrected chi connectivity index (χ0v) is 11.4. The minimum atomic E-state index is -3.07. The van der Waals surface area contributed by atoms with Gasteiger partial charge in [0.15, 0.2) is 21.3 Å². The van der Waals surface area contributed by atoms with Crippen molar-refractivity contribution in [2.45, 2.75) is 13.5 Å². The molecule has 0 aliphatic heterocycles. The van der Waals surface area contributed by atoms with Gasteiger partial charge in [-0.1, -0.05) is 12.1 Å². The maximum absolute atomic E-state index is 11.0. The van der Waals surface area contributed by atoms with E-state index >= 15 is 0 Å². The average molecular weight is 274 g/mol. The molecule has 1 aromatic rings. The van der Waals surface area contributed by atoms with Gasteiger partial charge in [-0.3, -0.25) is 0 Å². The Hall–Kier alpha value is -1.27. The second kappa shape index (κ2) is 6.61. The molecule has 5 nitrogen and oxygen atoms in total. The van der Waals surface area contributed by atoms with E-state index in [0.29, 0.717) is 23.7 Å². The van der Waals surface area contributed by atoms with Gasteiger partial charge in [-0.25, -0.2) is 8.42 Å². The molecule has 0 fully saturated rings. The summed E-state index contributed by atoms with van der Waals surface area (Å²) in [6.45, 7) is 2.16. The zero-order chi connectivity index (χ0) is 13.6. The third-order valence-electron chi connectivity index (χ3n) is 2.23. The van der Waals surface area contributed by atoms with Gasteiger partial charge in [0.1, 0.15) is 6.61 Å². The molecule has 0 bridgehead atoms. The van der Waals surface area contributed by atoms with Crippen LogP contribution in [0.25, 0.3) is 0 Å². The first-order valence-corrected chi connectivity index (χ1v) is 7.70. The van der Waals surface area contributed by atoms with Crippen molar-refractivity contribution in [1.29, 1.82) is 0 Å². The number of benzene rings is 1. The predicted octanol–water partition coefficient (Wildman–Crippen LogP) is 1.00. The molecule has 0 saturated heterocycles. The Morgan fingerprint density at radius 3 is 2.56 bits per heavy atom. The number of sulfone groups is 1. The number of hydrogen-bond donors (Lipinski definition) is 1. The molecule has 1 aromatic carbocycles. The maximum Gasteiger partial charge on any atom is 0.166 e. The van der Waals surface area contributed by atoms with Crippen molar-refractivity contribution in [3.05, 3.63) is 23.8 Å². The van der Waals surface area contributed by atoms with Crippen molar-refractivity contribution >= 4 is 9.84 Å². The smallest absolute Gasteiger partial charge is 0.166 e. The topological polar surface area (TPSA) is 72.8 Å². The third-order valence-corrected chi connectivity index (χ3v) is 3.14. The molecule has 0 amide bonds. The van der Waals surface area contributed by atoms with Crippen LogP contribution in [0.2, 0.25) is 0 Å². The van der Waals surface area contributed by atoms with Gasteiger partial charge < -0.3 is 14.6 Å². The first kappa shape index (κ1) is 14.8. The van der Waals surface area contributed by atoms with Gasteiger partial charge in [-0.15, -0.1) is 0 Å². The molecule has 0 aliphatic rings. The Morgan fingerprint density at radius 1 is 1.28 bits per heavy atom. The monoisotopic (exact) mass is 274 g/mol. The van der Waals surface area contributed by atoms with E-state index < -0.39 is 9.84 Å². The Labute approximate surface area is 107 Å². The highest BCUT2D eigenvalue weighted by Gasteiger charge is 2.11. The van der Waals surface area contributed by atoms with Crippen molar-refractivity contribution < 1.29 is 23.0 Å². The van der Waals surface area contributed by atoms with Crippen LogP contribution in [0, 0.1) is 0 Å². The summed E-state index contributed by atoms with van der Waals surface area (Å²) in [5, 5.41) is 9.22. The van der Waals surface area contributed by atoms with Crippen molar-refractivity contribution in [3.8, 4) is 11.5 Å². The lowest BCUT2D eigenvalue weighted by Crippen LogP contribution is -2.13. The van der Waals surface area contributed by atoms with Gasteiger partial charge in [0.2, 0.25) is 0 Å². The molecule has 1 N–H and O–H groups in total. The highest BCUT2D eigenvalue weighted by atomic mass is 32.2. The highest BCUT2D eigenvalue weighted by Crippen LogP contribution is 2.31. The van der Waals surface area contributed by atoms with E-state index in [2.05, 4.69) is 0 Å².